The number of hydrogen-bond donors (Lipinski definition) is 1. The SMILES string of the molecule is Clc1ccccc1/C=N\Nc1cc(N2CCOCC2)nc(N2CCOCC2)n1. The van der Waals surface area contributed by atoms with Crippen molar-refractivity contribution >= 4 is 35.4 Å². The van der Waals surface area contributed by atoms with Crippen molar-refractivity contribution in [2.24, 2.45) is 5.10 Å². The summed E-state index contributed by atoms with van der Waals surface area (Å²) in [5.74, 6) is 2.19. The molecule has 1 N–H and O–H groups in total. The van der Waals surface area contributed by atoms with Crippen LogP contribution in [-0.4, -0.2) is 68.8 Å². The summed E-state index contributed by atoms with van der Waals surface area (Å²) in [5.41, 5.74) is 3.86. The Balaban J connectivity index is 1.56. The Morgan fingerprint density at radius 3 is 2.36 bits per heavy atom. The molecule has 1 aromatic heterocycles. The fraction of sp³-hybridized carbons (Fsp3) is 0.421. The normalized spacial score (nSPS) is 17.9. The number of ether oxygens (including phenoxy) is 2. The van der Waals surface area contributed by atoms with Gasteiger partial charge in [-0.3, -0.25) is 5.43 Å². The van der Waals surface area contributed by atoms with E-state index in [1.165, 1.54) is 0 Å². The van der Waals surface area contributed by atoms with Crippen LogP contribution in [0.5, 0.6) is 0 Å². The Kier molecular flexibility index (Phi) is 6.20. The molecule has 0 atom stereocenters. The number of morpholine rings is 2. The second-order valence-corrected chi connectivity index (χ2v) is 6.91. The highest BCUT2D eigenvalue weighted by Gasteiger charge is 2.19. The Bertz CT molecular complexity index is 786. The number of hydrogen-bond acceptors (Lipinski definition) is 8. The molecule has 4 rings (SSSR count). The second kappa shape index (κ2) is 9.18. The predicted molar refractivity (Wildman–Crippen MR) is 111 cm³/mol. The van der Waals surface area contributed by atoms with Crippen molar-refractivity contribution in [1.82, 2.24) is 9.97 Å². The van der Waals surface area contributed by atoms with Crippen molar-refractivity contribution in [3.63, 3.8) is 0 Å². The monoisotopic (exact) mass is 402 g/mol. The lowest BCUT2D eigenvalue weighted by atomic mass is 10.2. The summed E-state index contributed by atoms with van der Waals surface area (Å²) < 4.78 is 10.9. The Morgan fingerprint density at radius 2 is 1.64 bits per heavy atom. The lowest BCUT2D eigenvalue weighted by molar-refractivity contribution is 0.121. The standard InChI is InChI=1S/C19H23ClN6O2/c20-16-4-2-1-3-15(16)14-21-24-17-13-18(25-5-9-27-10-6-25)23-19(22-17)26-7-11-28-12-8-26/h1-4,13-14H,5-12H2,(H,22,23,24)/b21-14-. The molecule has 0 aliphatic carbocycles. The van der Waals surface area contributed by atoms with Crippen molar-refractivity contribution in [2.75, 3.05) is 67.8 Å². The van der Waals surface area contributed by atoms with Crippen LogP contribution < -0.4 is 15.2 Å². The first-order valence-corrected chi connectivity index (χ1v) is 9.75. The highest BCUT2D eigenvalue weighted by molar-refractivity contribution is 6.33. The topological polar surface area (TPSA) is 75.1 Å². The number of aromatic nitrogens is 2. The summed E-state index contributed by atoms with van der Waals surface area (Å²) in [7, 11) is 0. The molecule has 0 bridgehead atoms. The molecule has 9 heteroatoms. The molecule has 0 spiro atoms. The molecular formula is C19H23ClN6O2. The van der Waals surface area contributed by atoms with Crippen molar-refractivity contribution in [3.8, 4) is 0 Å². The van der Waals surface area contributed by atoms with Gasteiger partial charge in [0.1, 0.15) is 5.82 Å². The first-order valence-electron chi connectivity index (χ1n) is 9.38. The van der Waals surface area contributed by atoms with Gasteiger partial charge in [-0.25, -0.2) is 0 Å². The van der Waals surface area contributed by atoms with E-state index in [0.717, 1.165) is 37.6 Å². The number of rotatable bonds is 5. The molecule has 0 unspecified atom stereocenters. The summed E-state index contributed by atoms with van der Waals surface area (Å²) in [6, 6.07) is 9.47. The molecule has 8 nitrogen and oxygen atoms in total. The molecule has 0 radical (unpaired) electrons. The van der Waals surface area contributed by atoms with Crippen LogP contribution in [0.1, 0.15) is 5.56 Å². The fourth-order valence-electron chi connectivity index (χ4n) is 3.09. The second-order valence-electron chi connectivity index (χ2n) is 6.50. The Hall–Kier alpha value is -2.42. The molecule has 1 aromatic carbocycles. The van der Waals surface area contributed by atoms with Crippen LogP contribution in [0.25, 0.3) is 0 Å². The van der Waals surface area contributed by atoms with Gasteiger partial charge in [0.15, 0.2) is 5.82 Å². The molecule has 2 aromatic rings. The fourth-order valence-corrected chi connectivity index (χ4v) is 3.27. The van der Waals surface area contributed by atoms with Gasteiger partial charge in [0, 0.05) is 42.8 Å². The highest BCUT2D eigenvalue weighted by atomic mass is 35.5. The van der Waals surface area contributed by atoms with Gasteiger partial charge in [-0.2, -0.15) is 15.1 Å². The lowest BCUT2D eigenvalue weighted by Gasteiger charge is -2.31. The molecule has 148 valence electrons. The summed E-state index contributed by atoms with van der Waals surface area (Å²) in [5, 5.41) is 4.96. The number of anilines is 3. The van der Waals surface area contributed by atoms with E-state index in [2.05, 4.69) is 25.3 Å². The maximum atomic E-state index is 6.18. The maximum absolute atomic E-state index is 6.18. The minimum Gasteiger partial charge on any atom is -0.378 e. The number of hydrazone groups is 1. The lowest BCUT2D eigenvalue weighted by Crippen LogP contribution is -2.39. The van der Waals surface area contributed by atoms with Crippen molar-refractivity contribution < 1.29 is 9.47 Å². The van der Waals surface area contributed by atoms with Gasteiger partial charge in [0.2, 0.25) is 5.95 Å². The van der Waals surface area contributed by atoms with Crippen LogP contribution in [0.15, 0.2) is 35.4 Å². The van der Waals surface area contributed by atoms with E-state index in [0.29, 0.717) is 43.2 Å². The Labute approximate surface area is 169 Å². The zero-order valence-corrected chi connectivity index (χ0v) is 16.3. The van der Waals surface area contributed by atoms with E-state index >= 15 is 0 Å². The third-order valence-corrected chi connectivity index (χ3v) is 4.96. The largest absolute Gasteiger partial charge is 0.378 e. The van der Waals surface area contributed by atoms with Gasteiger partial charge in [0.25, 0.3) is 0 Å². The van der Waals surface area contributed by atoms with E-state index < -0.39 is 0 Å². The van der Waals surface area contributed by atoms with Gasteiger partial charge < -0.3 is 19.3 Å². The average Bonchev–Trinajstić information content (AvgIpc) is 2.76. The van der Waals surface area contributed by atoms with Crippen LogP contribution in [0.2, 0.25) is 5.02 Å². The maximum Gasteiger partial charge on any atom is 0.229 e. The number of nitrogens with zero attached hydrogens (tertiary/aromatic N) is 5. The van der Waals surface area contributed by atoms with Crippen molar-refractivity contribution in [3.05, 3.63) is 40.9 Å². The molecule has 2 fully saturated rings. The summed E-state index contributed by atoms with van der Waals surface area (Å²) >= 11 is 6.18. The van der Waals surface area contributed by atoms with Crippen LogP contribution in [0.4, 0.5) is 17.6 Å². The molecule has 0 saturated carbocycles. The summed E-state index contributed by atoms with van der Waals surface area (Å²) in [6.45, 7) is 5.92. The predicted octanol–water partition coefficient (Wildman–Crippen LogP) is 2.25. The quantitative estimate of drug-likeness (QED) is 0.607. The number of nitrogens with one attached hydrogen (secondary N) is 1. The minimum absolute atomic E-state index is 0.640. The smallest absolute Gasteiger partial charge is 0.229 e. The Morgan fingerprint density at radius 1 is 0.964 bits per heavy atom. The molecule has 2 aliphatic rings. The van der Waals surface area contributed by atoms with Crippen molar-refractivity contribution in [1.29, 1.82) is 0 Å². The van der Waals surface area contributed by atoms with Gasteiger partial charge in [-0.05, 0) is 6.07 Å². The van der Waals surface area contributed by atoms with Crippen LogP contribution in [-0.2, 0) is 9.47 Å². The van der Waals surface area contributed by atoms with Crippen LogP contribution >= 0.6 is 11.6 Å². The molecule has 2 aliphatic heterocycles. The van der Waals surface area contributed by atoms with Gasteiger partial charge in [-0.1, -0.05) is 29.8 Å². The van der Waals surface area contributed by atoms with Gasteiger partial charge >= 0.3 is 0 Å². The third-order valence-electron chi connectivity index (χ3n) is 4.62. The highest BCUT2D eigenvalue weighted by Crippen LogP contribution is 2.22. The first-order chi connectivity index (χ1) is 13.8. The minimum atomic E-state index is 0.640. The zero-order chi connectivity index (χ0) is 19.2. The van der Waals surface area contributed by atoms with Crippen LogP contribution in [0, 0.1) is 0 Å². The molecular weight excluding hydrogens is 380 g/mol. The van der Waals surface area contributed by atoms with E-state index in [-0.39, 0.29) is 0 Å². The average molecular weight is 403 g/mol. The van der Waals surface area contributed by atoms with E-state index in [4.69, 9.17) is 26.1 Å². The number of benzene rings is 1. The summed E-state index contributed by atoms with van der Waals surface area (Å²) in [4.78, 5) is 13.8. The van der Waals surface area contributed by atoms with Crippen molar-refractivity contribution in [2.45, 2.75) is 0 Å². The third kappa shape index (κ3) is 4.70. The van der Waals surface area contributed by atoms with Gasteiger partial charge in [0.05, 0.1) is 32.6 Å². The molecule has 3 heterocycles. The van der Waals surface area contributed by atoms with E-state index in [1.54, 1.807) is 6.21 Å². The van der Waals surface area contributed by atoms with E-state index in [9.17, 15) is 0 Å². The molecule has 2 saturated heterocycles. The summed E-state index contributed by atoms with van der Waals surface area (Å²) in [6.07, 6.45) is 1.69. The molecule has 0 amide bonds. The number of halogens is 1. The zero-order valence-electron chi connectivity index (χ0n) is 15.6. The molecule has 28 heavy (non-hydrogen) atoms. The van der Waals surface area contributed by atoms with E-state index in [1.807, 2.05) is 30.3 Å². The van der Waals surface area contributed by atoms with Gasteiger partial charge in [-0.15, -0.1) is 0 Å². The first kappa shape index (κ1) is 18.9. The van der Waals surface area contributed by atoms with Crippen LogP contribution in [0.3, 0.4) is 0 Å².